The Kier molecular flexibility index (Phi) is 4.70. The molecule has 0 radical (unpaired) electrons. The van der Waals surface area contributed by atoms with Crippen molar-refractivity contribution in [2.45, 2.75) is 40.0 Å². The molecule has 0 fully saturated rings. The van der Waals surface area contributed by atoms with Crippen molar-refractivity contribution in [1.82, 2.24) is 5.16 Å². The van der Waals surface area contributed by atoms with Gasteiger partial charge in [-0.25, -0.2) is 8.78 Å². The zero-order valence-electron chi connectivity index (χ0n) is 14.3. The second kappa shape index (κ2) is 6.52. The molecule has 1 heterocycles. The Morgan fingerprint density at radius 1 is 1.36 bits per heavy atom. The first-order valence-corrected chi connectivity index (χ1v) is 8.89. The number of benzene rings is 1. The van der Waals surface area contributed by atoms with Crippen LogP contribution in [0.15, 0.2) is 21.1 Å². The van der Waals surface area contributed by atoms with Crippen LogP contribution in [-0.4, -0.2) is 11.1 Å². The topological polar surface area (TPSA) is 55.1 Å². The molecule has 134 valence electrons. The summed E-state index contributed by atoms with van der Waals surface area (Å²) >= 11 is 3.06. The van der Waals surface area contributed by atoms with E-state index in [0.29, 0.717) is 24.2 Å². The number of aryl methyl sites for hydroxylation is 1. The Balaban J connectivity index is 1.87. The average molecular weight is 413 g/mol. The number of halogens is 3. The van der Waals surface area contributed by atoms with E-state index in [4.69, 9.17) is 4.52 Å². The van der Waals surface area contributed by atoms with Gasteiger partial charge in [-0.1, -0.05) is 25.9 Å². The Labute approximate surface area is 153 Å². The molecule has 1 aliphatic carbocycles. The van der Waals surface area contributed by atoms with Crippen molar-refractivity contribution in [3.8, 4) is 0 Å². The van der Waals surface area contributed by atoms with E-state index in [1.807, 2.05) is 0 Å². The Hall–Kier alpha value is -1.76. The summed E-state index contributed by atoms with van der Waals surface area (Å²) < 4.78 is 32.6. The largest absolute Gasteiger partial charge is 0.360 e. The summed E-state index contributed by atoms with van der Waals surface area (Å²) in [5, 5.41) is 6.35. The fourth-order valence-electron chi connectivity index (χ4n) is 3.16. The van der Waals surface area contributed by atoms with Gasteiger partial charge in [-0.2, -0.15) is 0 Å². The summed E-state index contributed by atoms with van der Waals surface area (Å²) in [6.07, 6.45) is 2.40. The molecule has 0 spiro atoms. The van der Waals surface area contributed by atoms with E-state index in [1.54, 1.807) is 0 Å². The fraction of sp³-hybridized carbons (Fsp3) is 0.444. The molecule has 1 aromatic heterocycles. The molecular weight excluding hydrogens is 394 g/mol. The van der Waals surface area contributed by atoms with Gasteiger partial charge >= 0.3 is 0 Å². The number of nitrogens with zero attached hydrogens (tertiary/aromatic N) is 1. The summed E-state index contributed by atoms with van der Waals surface area (Å²) in [7, 11) is 0. The number of amides is 1. The van der Waals surface area contributed by atoms with Crippen molar-refractivity contribution in [1.29, 1.82) is 0 Å². The average Bonchev–Trinajstić information content (AvgIpc) is 2.93. The summed E-state index contributed by atoms with van der Waals surface area (Å²) in [5.41, 5.74) is 0.933. The third-order valence-electron chi connectivity index (χ3n) is 4.73. The number of hydrogen-bond donors (Lipinski definition) is 1. The van der Waals surface area contributed by atoms with Crippen molar-refractivity contribution in [2.24, 2.45) is 11.3 Å². The summed E-state index contributed by atoms with van der Waals surface area (Å²) in [6, 6.07) is 1.81. The monoisotopic (exact) mass is 412 g/mol. The van der Waals surface area contributed by atoms with E-state index in [1.165, 1.54) is 0 Å². The highest BCUT2D eigenvalue weighted by molar-refractivity contribution is 9.10. The molecule has 1 atom stereocenters. The van der Waals surface area contributed by atoms with Crippen LogP contribution in [0.1, 0.15) is 49.0 Å². The van der Waals surface area contributed by atoms with Crippen molar-refractivity contribution in [3.05, 3.63) is 45.3 Å². The van der Waals surface area contributed by atoms with Crippen LogP contribution >= 0.6 is 15.9 Å². The van der Waals surface area contributed by atoms with Crippen LogP contribution in [-0.2, 0) is 12.8 Å². The minimum atomic E-state index is -0.856. The predicted octanol–water partition coefficient (Wildman–Crippen LogP) is 5.12. The standard InChI is InChI=1S/C18H19BrF2N2O2/c1-18(2,3)9-4-5-14-11(6-9)15(23-25-14)17(24)22-16-12(19)7-10(20)8-13(16)21/h7-9H,4-6H2,1-3H3,(H,22,24). The second-order valence-electron chi connectivity index (χ2n) is 7.44. The van der Waals surface area contributed by atoms with Crippen LogP contribution in [0.25, 0.3) is 0 Å². The number of fused-ring (bicyclic) bond motifs is 1. The third-order valence-corrected chi connectivity index (χ3v) is 5.35. The molecule has 25 heavy (non-hydrogen) atoms. The molecule has 2 aromatic rings. The number of aromatic nitrogens is 1. The van der Waals surface area contributed by atoms with Gasteiger partial charge in [0, 0.05) is 22.5 Å². The SMILES string of the molecule is CC(C)(C)C1CCc2onc(C(=O)Nc3c(F)cc(F)cc3Br)c2C1. The molecule has 0 aliphatic heterocycles. The summed E-state index contributed by atoms with van der Waals surface area (Å²) in [6.45, 7) is 6.50. The van der Waals surface area contributed by atoms with Gasteiger partial charge < -0.3 is 9.84 Å². The lowest BCUT2D eigenvalue weighted by Crippen LogP contribution is -2.27. The number of hydrogen-bond acceptors (Lipinski definition) is 3. The number of anilines is 1. The maximum atomic E-state index is 13.9. The maximum absolute atomic E-state index is 13.9. The molecule has 1 amide bonds. The highest BCUT2D eigenvalue weighted by atomic mass is 79.9. The van der Waals surface area contributed by atoms with E-state index < -0.39 is 17.5 Å². The van der Waals surface area contributed by atoms with Crippen LogP contribution in [0.3, 0.4) is 0 Å². The van der Waals surface area contributed by atoms with Crippen molar-refractivity contribution < 1.29 is 18.1 Å². The van der Waals surface area contributed by atoms with Gasteiger partial charge in [0.15, 0.2) is 11.5 Å². The second-order valence-corrected chi connectivity index (χ2v) is 8.29. The minimum absolute atomic E-state index is 0.106. The Morgan fingerprint density at radius 3 is 2.72 bits per heavy atom. The highest BCUT2D eigenvalue weighted by Gasteiger charge is 2.34. The Morgan fingerprint density at radius 2 is 2.08 bits per heavy atom. The van der Waals surface area contributed by atoms with Gasteiger partial charge in [0.2, 0.25) is 0 Å². The van der Waals surface area contributed by atoms with Gasteiger partial charge in [0.25, 0.3) is 5.91 Å². The minimum Gasteiger partial charge on any atom is -0.360 e. The van der Waals surface area contributed by atoms with Crippen LogP contribution in [0.2, 0.25) is 0 Å². The summed E-state index contributed by atoms with van der Waals surface area (Å²) in [5.74, 6) is -1.03. The van der Waals surface area contributed by atoms with Gasteiger partial charge in [-0.15, -0.1) is 0 Å². The lowest BCUT2D eigenvalue weighted by Gasteiger charge is -2.33. The van der Waals surface area contributed by atoms with Crippen LogP contribution in [0.4, 0.5) is 14.5 Å². The van der Waals surface area contributed by atoms with Crippen molar-refractivity contribution >= 4 is 27.5 Å². The lowest BCUT2D eigenvalue weighted by molar-refractivity contribution is 0.101. The molecule has 1 aliphatic rings. The first-order chi connectivity index (χ1) is 11.7. The quantitative estimate of drug-likeness (QED) is 0.744. The van der Waals surface area contributed by atoms with E-state index in [9.17, 15) is 13.6 Å². The molecule has 0 saturated heterocycles. The van der Waals surface area contributed by atoms with E-state index in [-0.39, 0.29) is 21.3 Å². The first kappa shape index (κ1) is 18.0. The molecule has 0 saturated carbocycles. The molecule has 1 unspecified atom stereocenters. The molecule has 3 rings (SSSR count). The maximum Gasteiger partial charge on any atom is 0.278 e. The molecule has 0 bridgehead atoms. The highest BCUT2D eigenvalue weighted by Crippen LogP contribution is 2.38. The molecule has 7 heteroatoms. The zero-order chi connectivity index (χ0) is 18.4. The fourth-order valence-corrected chi connectivity index (χ4v) is 3.66. The number of rotatable bonds is 2. The summed E-state index contributed by atoms with van der Waals surface area (Å²) in [4.78, 5) is 12.6. The normalized spacial score (nSPS) is 17.3. The van der Waals surface area contributed by atoms with E-state index in [0.717, 1.165) is 24.5 Å². The van der Waals surface area contributed by atoms with Gasteiger partial charge in [-0.05, 0) is 46.2 Å². The smallest absolute Gasteiger partial charge is 0.278 e. The van der Waals surface area contributed by atoms with Gasteiger partial charge in [0.1, 0.15) is 11.6 Å². The first-order valence-electron chi connectivity index (χ1n) is 8.10. The third kappa shape index (κ3) is 3.61. The molecule has 4 nitrogen and oxygen atoms in total. The van der Waals surface area contributed by atoms with E-state index >= 15 is 0 Å². The number of carbonyl (C=O) groups excluding carboxylic acids is 1. The number of nitrogens with one attached hydrogen (secondary N) is 1. The van der Waals surface area contributed by atoms with Crippen molar-refractivity contribution in [2.75, 3.05) is 5.32 Å². The number of carbonyl (C=O) groups is 1. The van der Waals surface area contributed by atoms with E-state index in [2.05, 4.69) is 47.2 Å². The van der Waals surface area contributed by atoms with Gasteiger partial charge in [0.05, 0.1) is 5.69 Å². The zero-order valence-corrected chi connectivity index (χ0v) is 15.8. The lowest BCUT2D eigenvalue weighted by atomic mass is 9.71. The van der Waals surface area contributed by atoms with Crippen LogP contribution < -0.4 is 5.32 Å². The molecule has 1 N–H and O–H groups in total. The Bertz CT molecular complexity index is 804. The predicted molar refractivity (Wildman–Crippen MR) is 93.5 cm³/mol. The van der Waals surface area contributed by atoms with Crippen molar-refractivity contribution in [3.63, 3.8) is 0 Å². The van der Waals surface area contributed by atoms with Crippen LogP contribution in [0, 0.1) is 23.0 Å². The molecule has 1 aromatic carbocycles. The van der Waals surface area contributed by atoms with Gasteiger partial charge in [-0.3, -0.25) is 4.79 Å². The molecular formula is C18H19BrF2N2O2. The van der Waals surface area contributed by atoms with Crippen LogP contribution in [0.5, 0.6) is 0 Å².